The van der Waals surface area contributed by atoms with Gasteiger partial charge in [-0.3, -0.25) is 4.79 Å². The first-order chi connectivity index (χ1) is 7.33. The molecule has 15 heavy (non-hydrogen) atoms. The molecule has 0 aliphatic carbocycles. The summed E-state index contributed by atoms with van der Waals surface area (Å²) in [6.45, 7) is 2.14. The number of nitrogens with one attached hydrogen (secondary N) is 1. The largest absolute Gasteiger partial charge is 0.328 e. The Hall–Kier alpha value is -1.57. The number of pyridine rings is 1. The van der Waals surface area contributed by atoms with E-state index >= 15 is 0 Å². The van der Waals surface area contributed by atoms with Crippen LogP contribution in [0.1, 0.15) is 25.3 Å². The molecule has 0 spiro atoms. The van der Waals surface area contributed by atoms with Gasteiger partial charge >= 0.3 is 0 Å². The van der Waals surface area contributed by atoms with Crippen LogP contribution in [0.5, 0.6) is 0 Å². The van der Waals surface area contributed by atoms with Crippen molar-refractivity contribution in [1.82, 2.24) is 4.98 Å². The Balaban J connectivity index is 2.58. The minimum atomic E-state index is 0.0575. The van der Waals surface area contributed by atoms with E-state index in [1.54, 1.807) is 6.20 Å². The number of hydrogen-bond donors (Lipinski definition) is 1. The van der Waals surface area contributed by atoms with Crippen LogP contribution < -0.4 is 5.56 Å². The maximum atomic E-state index is 11.7. The predicted molar refractivity (Wildman–Crippen MR) is 63.2 cm³/mol. The van der Waals surface area contributed by atoms with Crippen molar-refractivity contribution in [3.8, 4) is 0 Å². The summed E-state index contributed by atoms with van der Waals surface area (Å²) in [5.74, 6) is 0. The van der Waals surface area contributed by atoms with Crippen LogP contribution in [-0.2, 0) is 6.42 Å². The summed E-state index contributed by atoms with van der Waals surface area (Å²) in [6, 6.07) is 8.03. The van der Waals surface area contributed by atoms with Crippen molar-refractivity contribution >= 4 is 10.8 Å². The lowest BCUT2D eigenvalue weighted by molar-refractivity contribution is 0.791. The fourth-order valence-corrected chi connectivity index (χ4v) is 1.85. The molecule has 1 aromatic heterocycles. The van der Waals surface area contributed by atoms with Gasteiger partial charge in [-0.15, -0.1) is 0 Å². The number of aromatic amines is 1. The smallest absolute Gasteiger partial charge is 0.251 e. The number of H-pyrrole nitrogens is 1. The molecule has 78 valence electrons. The Morgan fingerprint density at radius 1 is 1.27 bits per heavy atom. The fourth-order valence-electron chi connectivity index (χ4n) is 1.85. The van der Waals surface area contributed by atoms with E-state index < -0.39 is 0 Å². The second-order valence-electron chi connectivity index (χ2n) is 3.79. The molecule has 0 fully saturated rings. The van der Waals surface area contributed by atoms with E-state index in [1.165, 1.54) is 0 Å². The standard InChI is InChI=1S/C13H15NO/c1-2-3-7-12-11-8-5-4-6-10(11)9-14-13(12)15/h4-6,8-9H,2-3,7H2,1H3,(H,14,15). The molecule has 0 atom stereocenters. The molecule has 0 saturated carbocycles. The quantitative estimate of drug-likeness (QED) is 0.813. The van der Waals surface area contributed by atoms with Crippen molar-refractivity contribution in [3.05, 3.63) is 46.4 Å². The molecule has 1 N–H and O–H groups in total. The van der Waals surface area contributed by atoms with E-state index in [1.807, 2.05) is 24.3 Å². The maximum Gasteiger partial charge on any atom is 0.251 e. The SMILES string of the molecule is CCCCc1c(=O)[nH]cc2ccccc12. The van der Waals surface area contributed by atoms with Crippen LogP contribution in [-0.4, -0.2) is 4.98 Å². The fraction of sp³-hybridized carbons (Fsp3) is 0.308. The third-order valence-electron chi connectivity index (χ3n) is 2.70. The summed E-state index contributed by atoms with van der Waals surface area (Å²) in [7, 11) is 0. The van der Waals surface area contributed by atoms with E-state index in [2.05, 4.69) is 11.9 Å². The molecule has 2 heteroatoms. The van der Waals surface area contributed by atoms with Gasteiger partial charge in [-0.25, -0.2) is 0 Å². The number of aromatic nitrogens is 1. The highest BCUT2D eigenvalue weighted by Crippen LogP contribution is 2.15. The number of rotatable bonds is 3. The molecule has 0 radical (unpaired) electrons. The van der Waals surface area contributed by atoms with Gasteiger partial charge in [0.2, 0.25) is 0 Å². The van der Waals surface area contributed by atoms with E-state index in [-0.39, 0.29) is 5.56 Å². The Morgan fingerprint density at radius 3 is 2.87 bits per heavy atom. The summed E-state index contributed by atoms with van der Waals surface area (Å²) >= 11 is 0. The summed E-state index contributed by atoms with van der Waals surface area (Å²) in [6.07, 6.45) is 4.83. The average Bonchev–Trinajstić information content (AvgIpc) is 2.28. The lowest BCUT2D eigenvalue weighted by Gasteiger charge is -2.04. The van der Waals surface area contributed by atoms with Crippen molar-refractivity contribution in [2.24, 2.45) is 0 Å². The molecule has 0 unspecified atom stereocenters. The molecule has 0 amide bonds. The van der Waals surface area contributed by atoms with Gasteiger partial charge in [0.1, 0.15) is 0 Å². The molecule has 2 rings (SSSR count). The van der Waals surface area contributed by atoms with Gasteiger partial charge in [0.05, 0.1) is 0 Å². The van der Waals surface area contributed by atoms with Crippen LogP contribution in [0, 0.1) is 0 Å². The summed E-state index contributed by atoms with van der Waals surface area (Å²) in [4.78, 5) is 14.5. The summed E-state index contributed by atoms with van der Waals surface area (Å²) in [5.41, 5.74) is 0.983. The van der Waals surface area contributed by atoms with Gasteiger partial charge in [0.15, 0.2) is 0 Å². The molecule has 0 aliphatic rings. The Morgan fingerprint density at radius 2 is 2.07 bits per heavy atom. The number of unbranched alkanes of at least 4 members (excludes halogenated alkanes) is 1. The molecule has 2 nitrogen and oxygen atoms in total. The third-order valence-corrected chi connectivity index (χ3v) is 2.70. The van der Waals surface area contributed by atoms with Crippen LogP contribution in [0.25, 0.3) is 10.8 Å². The third kappa shape index (κ3) is 1.94. The first-order valence-electron chi connectivity index (χ1n) is 5.42. The normalized spacial score (nSPS) is 10.7. The van der Waals surface area contributed by atoms with Gasteiger partial charge < -0.3 is 4.98 Å². The van der Waals surface area contributed by atoms with Gasteiger partial charge in [-0.1, -0.05) is 37.6 Å². The lowest BCUT2D eigenvalue weighted by atomic mass is 10.0. The highest BCUT2D eigenvalue weighted by atomic mass is 16.1. The van der Waals surface area contributed by atoms with E-state index in [0.29, 0.717) is 0 Å². The number of hydrogen-bond acceptors (Lipinski definition) is 1. The lowest BCUT2D eigenvalue weighted by Crippen LogP contribution is -2.12. The van der Waals surface area contributed by atoms with Crippen LogP contribution in [0.2, 0.25) is 0 Å². The monoisotopic (exact) mass is 201 g/mol. The zero-order chi connectivity index (χ0) is 10.7. The molecule has 1 aromatic carbocycles. The number of benzene rings is 1. The second kappa shape index (κ2) is 4.30. The van der Waals surface area contributed by atoms with E-state index in [9.17, 15) is 4.79 Å². The first kappa shape index (κ1) is 9.97. The van der Waals surface area contributed by atoms with Crippen molar-refractivity contribution in [2.45, 2.75) is 26.2 Å². The van der Waals surface area contributed by atoms with Crippen LogP contribution in [0.4, 0.5) is 0 Å². The molecule has 0 aliphatic heterocycles. The van der Waals surface area contributed by atoms with Crippen molar-refractivity contribution in [2.75, 3.05) is 0 Å². The summed E-state index contributed by atoms with van der Waals surface area (Å²) in [5, 5.41) is 2.21. The average molecular weight is 201 g/mol. The molecule has 2 aromatic rings. The van der Waals surface area contributed by atoms with E-state index in [0.717, 1.165) is 35.6 Å². The zero-order valence-electron chi connectivity index (χ0n) is 8.92. The first-order valence-corrected chi connectivity index (χ1v) is 5.42. The molecular formula is C13H15NO. The molecular weight excluding hydrogens is 186 g/mol. The van der Waals surface area contributed by atoms with Gasteiger partial charge in [-0.2, -0.15) is 0 Å². The van der Waals surface area contributed by atoms with Crippen molar-refractivity contribution in [1.29, 1.82) is 0 Å². The summed E-state index contributed by atoms with van der Waals surface area (Å²) < 4.78 is 0. The van der Waals surface area contributed by atoms with Crippen LogP contribution >= 0.6 is 0 Å². The minimum absolute atomic E-state index is 0.0575. The minimum Gasteiger partial charge on any atom is -0.328 e. The number of aryl methyl sites for hydroxylation is 1. The van der Waals surface area contributed by atoms with Gasteiger partial charge in [0.25, 0.3) is 5.56 Å². The van der Waals surface area contributed by atoms with E-state index in [4.69, 9.17) is 0 Å². The van der Waals surface area contributed by atoms with Gasteiger partial charge in [-0.05, 0) is 23.6 Å². The zero-order valence-corrected chi connectivity index (χ0v) is 8.92. The van der Waals surface area contributed by atoms with Gasteiger partial charge in [0, 0.05) is 11.8 Å². The highest BCUT2D eigenvalue weighted by molar-refractivity contribution is 5.84. The van der Waals surface area contributed by atoms with Crippen molar-refractivity contribution < 1.29 is 0 Å². The molecule has 0 saturated heterocycles. The second-order valence-corrected chi connectivity index (χ2v) is 3.79. The Kier molecular flexibility index (Phi) is 2.86. The Bertz CT molecular complexity index is 513. The highest BCUT2D eigenvalue weighted by Gasteiger charge is 2.04. The Labute approximate surface area is 89.0 Å². The van der Waals surface area contributed by atoms with Crippen molar-refractivity contribution in [3.63, 3.8) is 0 Å². The topological polar surface area (TPSA) is 32.9 Å². The maximum absolute atomic E-state index is 11.7. The number of fused-ring (bicyclic) bond motifs is 1. The molecule has 1 heterocycles. The predicted octanol–water partition coefficient (Wildman–Crippen LogP) is 2.87. The molecule has 0 bridgehead atoms. The van der Waals surface area contributed by atoms with Crippen LogP contribution in [0.15, 0.2) is 35.3 Å². The van der Waals surface area contributed by atoms with Crippen LogP contribution in [0.3, 0.4) is 0 Å².